The first kappa shape index (κ1) is 16.6. The highest BCUT2D eigenvalue weighted by atomic mass is 16.5. The van der Waals surface area contributed by atoms with Gasteiger partial charge in [-0.25, -0.2) is 9.98 Å². The van der Waals surface area contributed by atoms with Gasteiger partial charge in [-0.1, -0.05) is 6.07 Å². The standard InChI is InChI=1S/C16H22N6O/c1-10-8-12(13(23-3)9-11(10)2)20-15(17)22-16(18)21-14-6-4-5-7-19-14/h4-9,16H,18H2,1-3H3,(H,19,21)(H3,17,20,22). The first-order chi connectivity index (χ1) is 11.0. The summed E-state index contributed by atoms with van der Waals surface area (Å²) in [6.45, 7) is 4.04. The highest BCUT2D eigenvalue weighted by molar-refractivity contribution is 5.94. The molecule has 1 heterocycles. The molecule has 0 saturated carbocycles. The average Bonchev–Trinajstić information content (AvgIpc) is 2.51. The van der Waals surface area contributed by atoms with Crippen molar-refractivity contribution in [3.05, 3.63) is 47.7 Å². The monoisotopic (exact) mass is 314 g/mol. The molecule has 1 atom stereocenters. The molecule has 7 nitrogen and oxygen atoms in total. The highest BCUT2D eigenvalue weighted by Crippen LogP contribution is 2.27. The van der Waals surface area contributed by atoms with Crippen molar-refractivity contribution < 1.29 is 4.74 Å². The predicted molar refractivity (Wildman–Crippen MR) is 93.5 cm³/mol. The summed E-state index contributed by atoms with van der Waals surface area (Å²) in [6, 6.07) is 9.37. The van der Waals surface area contributed by atoms with Gasteiger partial charge < -0.3 is 21.1 Å². The topological polar surface area (TPSA) is 111 Å². The summed E-state index contributed by atoms with van der Waals surface area (Å²) in [5.41, 5.74) is 14.8. The molecule has 23 heavy (non-hydrogen) atoms. The lowest BCUT2D eigenvalue weighted by Gasteiger charge is -2.15. The SMILES string of the molecule is COc1cc(C)c(C)cc1NC(N)=NC(N)Nc1ccccn1. The zero-order valence-corrected chi connectivity index (χ0v) is 13.5. The van der Waals surface area contributed by atoms with Crippen LogP contribution >= 0.6 is 0 Å². The molecule has 0 bridgehead atoms. The van der Waals surface area contributed by atoms with E-state index in [1.807, 2.05) is 38.1 Å². The third kappa shape index (κ3) is 4.58. The quantitative estimate of drug-likeness (QED) is 0.380. The number of hydrogen-bond donors (Lipinski definition) is 4. The molecule has 1 aromatic carbocycles. The van der Waals surface area contributed by atoms with Gasteiger partial charge in [-0.2, -0.15) is 0 Å². The predicted octanol–water partition coefficient (Wildman–Crippen LogP) is 1.79. The van der Waals surface area contributed by atoms with Gasteiger partial charge in [0.2, 0.25) is 0 Å². The van der Waals surface area contributed by atoms with Gasteiger partial charge in [-0.3, -0.25) is 5.73 Å². The van der Waals surface area contributed by atoms with Crippen LogP contribution in [0.4, 0.5) is 11.5 Å². The summed E-state index contributed by atoms with van der Waals surface area (Å²) in [7, 11) is 1.61. The van der Waals surface area contributed by atoms with Crippen molar-refractivity contribution in [2.45, 2.75) is 20.1 Å². The molecular formula is C16H22N6O. The normalized spacial score (nSPS) is 12.6. The summed E-state index contributed by atoms with van der Waals surface area (Å²) >= 11 is 0. The molecule has 0 radical (unpaired) electrons. The Morgan fingerprint density at radius 2 is 2.00 bits per heavy atom. The van der Waals surface area contributed by atoms with Crippen LogP contribution in [-0.2, 0) is 0 Å². The molecule has 6 N–H and O–H groups in total. The van der Waals surface area contributed by atoms with E-state index in [0.29, 0.717) is 11.6 Å². The molecule has 0 aliphatic rings. The van der Waals surface area contributed by atoms with Crippen molar-refractivity contribution in [3.8, 4) is 5.75 Å². The summed E-state index contributed by atoms with van der Waals surface area (Å²) in [4.78, 5) is 8.27. The van der Waals surface area contributed by atoms with Crippen LogP contribution in [0, 0.1) is 13.8 Å². The number of ether oxygens (including phenoxy) is 1. The van der Waals surface area contributed by atoms with Gasteiger partial charge in [0, 0.05) is 6.20 Å². The number of aromatic nitrogens is 1. The molecular weight excluding hydrogens is 292 g/mol. The van der Waals surface area contributed by atoms with Crippen molar-refractivity contribution in [3.63, 3.8) is 0 Å². The van der Waals surface area contributed by atoms with Gasteiger partial charge >= 0.3 is 0 Å². The lowest BCUT2D eigenvalue weighted by atomic mass is 10.1. The number of benzene rings is 1. The Kier molecular flexibility index (Phi) is 5.37. The van der Waals surface area contributed by atoms with Crippen LogP contribution in [0.3, 0.4) is 0 Å². The molecule has 1 unspecified atom stereocenters. The zero-order chi connectivity index (χ0) is 16.8. The van der Waals surface area contributed by atoms with Crippen LogP contribution in [0.1, 0.15) is 11.1 Å². The summed E-state index contributed by atoms with van der Waals surface area (Å²) < 4.78 is 5.35. The van der Waals surface area contributed by atoms with Gasteiger partial charge in [0.05, 0.1) is 12.8 Å². The fourth-order valence-electron chi connectivity index (χ4n) is 2.01. The van der Waals surface area contributed by atoms with E-state index < -0.39 is 6.29 Å². The molecule has 0 saturated heterocycles. The maximum atomic E-state index is 5.91. The summed E-state index contributed by atoms with van der Waals surface area (Å²) in [6.07, 6.45) is 0.954. The van der Waals surface area contributed by atoms with E-state index in [2.05, 4.69) is 20.6 Å². The maximum absolute atomic E-state index is 5.91. The van der Waals surface area contributed by atoms with Gasteiger partial charge in [0.15, 0.2) is 12.2 Å². The van der Waals surface area contributed by atoms with Gasteiger partial charge in [0.25, 0.3) is 0 Å². The number of nitrogens with one attached hydrogen (secondary N) is 2. The van der Waals surface area contributed by atoms with E-state index in [0.717, 1.165) is 16.8 Å². The smallest absolute Gasteiger partial charge is 0.196 e. The summed E-state index contributed by atoms with van der Waals surface area (Å²) in [5.74, 6) is 1.50. The highest BCUT2D eigenvalue weighted by Gasteiger charge is 2.08. The molecule has 1 aromatic heterocycles. The Balaban J connectivity index is 2.09. The first-order valence-electron chi connectivity index (χ1n) is 7.18. The number of hydrogen-bond acceptors (Lipinski definition) is 5. The zero-order valence-electron chi connectivity index (χ0n) is 13.5. The number of nitrogens with two attached hydrogens (primary N) is 2. The van der Waals surface area contributed by atoms with Crippen molar-refractivity contribution in [1.82, 2.24) is 4.98 Å². The molecule has 0 aliphatic heterocycles. The Hall–Kier alpha value is -2.80. The number of anilines is 2. The third-order valence-electron chi connectivity index (χ3n) is 3.32. The van der Waals surface area contributed by atoms with E-state index in [4.69, 9.17) is 16.2 Å². The van der Waals surface area contributed by atoms with Gasteiger partial charge in [0.1, 0.15) is 11.6 Å². The molecule has 0 aliphatic carbocycles. The second-order valence-electron chi connectivity index (χ2n) is 5.08. The van der Waals surface area contributed by atoms with Gasteiger partial charge in [-0.05, 0) is 49.2 Å². The van der Waals surface area contributed by atoms with Crippen molar-refractivity contribution in [1.29, 1.82) is 0 Å². The van der Waals surface area contributed by atoms with Crippen LogP contribution in [0.5, 0.6) is 5.75 Å². The number of methoxy groups -OCH3 is 1. The van der Waals surface area contributed by atoms with Gasteiger partial charge in [-0.15, -0.1) is 0 Å². The van der Waals surface area contributed by atoms with Crippen molar-refractivity contribution in [2.75, 3.05) is 17.7 Å². The Morgan fingerprint density at radius 3 is 2.65 bits per heavy atom. The molecule has 0 amide bonds. The number of nitrogens with zero attached hydrogens (tertiary/aromatic N) is 2. The molecule has 2 rings (SSSR count). The van der Waals surface area contributed by atoms with Crippen LogP contribution in [0.15, 0.2) is 41.5 Å². The largest absolute Gasteiger partial charge is 0.495 e. The lowest BCUT2D eigenvalue weighted by Crippen LogP contribution is -2.33. The number of aryl methyl sites for hydroxylation is 2. The maximum Gasteiger partial charge on any atom is 0.196 e. The third-order valence-corrected chi connectivity index (χ3v) is 3.32. The van der Waals surface area contributed by atoms with Crippen LogP contribution in [-0.4, -0.2) is 24.3 Å². The van der Waals surface area contributed by atoms with Crippen LogP contribution in [0.2, 0.25) is 0 Å². The number of pyridine rings is 1. The Bertz CT molecular complexity index is 686. The number of rotatable bonds is 5. The van der Waals surface area contributed by atoms with E-state index >= 15 is 0 Å². The van der Waals surface area contributed by atoms with E-state index in [9.17, 15) is 0 Å². The van der Waals surface area contributed by atoms with Crippen molar-refractivity contribution in [2.24, 2.45) is 16.5 Å². The minimum Gasteiger partial charge on any atom is -0.495 e. The van der Waals surface area contributed by atoms with E-state index in [1.54, 1.807) is 19.4 Å². The first-order valence-corrected chi connectivity index (χ1v) is 7.18. The molecule has 2 aromatic rings. The van der Waals surface area contributed by atoms with Crippen LogP contribution < -0.4 is 26.8 Å². The fourth-order valence-corrected chi connectivity index (χ4v) is 2.01. The molecule has 7 heteroatoms. The fraction of sp³-hybridized carbons (Fsp3) is 0.250. The molecule has 122 valence electrons. The lowest BCUT2D eigenvalue weighted by molar-refractivity contribution is 0.416. The Labute approximate surface area is 135 Å². The number of aliphatic imine (C=N–C) groups is 1. The minimum absolute atomic E-state index is 0.183. The number of guanidine groups is 1. The second kappa shape index (κ2) is 7.46. The summed E-state index contributed by atoms with van der Waals surface area (Å²) in [5, 5.41) is 5.94. The van der Waals surface area contributed by atoms with E-state index in [-0.39, 0.29) is 5.96 Å². The van der Waals surface area contributed by atoms with Crippen LogP contribution in [0.25, 0.3) is 0 Å². The Morgan fingerprint density at radius 1 is 1.26 bits per heavy atom. The molecule has 0 spiro atoms. The van der Waals surface area contributed by atoms with Crippen molar-refractivity contribution >= 4 is 17.5 Å². The molecule has 0 fully saturated rings. The average molecular weight is 314 g/mol. The van der Waals surface area contributed by atoms with E-state index in [1.165, 1.54) is 0 Å². The minimum atomic E-state index is -0.713. The second-order valence-corrected chi connectivity index (χ2v) is 5.08.